The lowest BCUT2D eigenvalue weighted by atomic mass is 9.80. The van der Waals surface area contributed by atoms with E-state index in [1.165, 1.54) is 25.7 Å². The summed E-state index contributed by atoms with van der Waals surface area (Å²) in [6.45, 7) is 0.804. The molecule has 2 aliphatic rings. The van der Waals surface area contributed by atoms with Gasteiger partial charge in [0.25, 0.3) is 0 Å². The minimum absolute atomic E-state index is 0.00669. The second-order valence-electron chi connectivity index (χ2n) is 5.22. The zero-order valence-electron chi connectivity index (χ0n) is 9.80. The van der Waals surface area contributed by atoms with E-state index < -0.39 is 5.60 Å². The lowest BCUT2D eigenvalue weighted by Crippen LogP contribution is -2.49. The van der Waals surface area contributed by atoms with Crippen molar-refractivity contribution in [1.82, 2.24) is 10.6 Å². The molecular weight excluding hydrogens is 204 g/mol. The number of amides is 1. The first kappa shape index (κ1) is 11.9. The molecule has 0 atom stereocenters. The predicted octanol–water partition coefficient (Wildman–Crippen LogP) is 0.550. The Kier molecular flexibility index (Phi) is 3.82. The van der Waals surface area contributed by atoms with Gasteiger partial charge in [-0.3, -0.25) is 4.79 Å². The molecule has 1 amide bonds. The van der Waals surface area contributed by atoms with E-state index in [9.17, 15) is 9.90 Å². The minimum atomic E-state index is -0.608. The Morgan fingerprint density at radius 1 is 1.25 bits per heavy atom. The van der Waals surface area contributed by atoms with E-state index in [4.69, 9.17) is 0 Å². The number of carbonyl (C=O) groups excluding carboxylic acids is 1. The van der Waals surface area contributed by atoms with Crippen molar-refractivity contribution in [3.63, 3.8) is 0 Å². The van der Waals surface area contributed by atoms with E-state index >= 15 is 0 Å². The maximum Gasteiger partial charge on any atom is 0.234 e. The molecule has 2 fully saturated rings. The van der Waals surface area contributed by atoms with Crippen LogP contribution < -0.4 is 10.6 Å². The molecule has 0 radical (unpaired) electrons. The van der Waals surface area contributed by atoms with Gasteiger partial charge in [-0.15, -0.1) is 0 Å². The van der Waals surface area contributed by atoms with E-state index in [-0.39, 0.29) is 5.91 Å². The fraction of sp³-hybridized carbons (Fsp3) is 0.917. The van der Waals surface area contributed by atoms with Crippen LogP contribution in [0.2, 0.25) is 0 Å². The van der Waals surface area contributed by atoms with Gasteiger partial charge in [-0.25, -0.2) is 0 Å². The van der Waals surface area contributed by atoms with Crippen molar-refractivity contribution in [3.8, 4) is 0 Å². The molecule has 0 unspecified atom stereocenters. The predicted molar refractivity (Wildman–Crippen MR) is 62.1 cm³/mol. The fourth-order valence-corrected chi connectivity index (χ4v) is 2.45. The standard InChI is InChI=1S/C12H22N2O2/c15-11(8-13-10-4-1-2-5-10)14-9-12(16)6-3-7-12/h10,13,16H,1-9H2,(H,14,15). The molecule has 16 heavy (non-hydrogen) atoms. The zero-order chi connectivity index (χ0) is 11.4. The first-order chi connectivity index (χ1) is 7.68. The van der Waals surface area contributed by atoms with Crippen LogP contribution >= 0.6 is 0 Å². The average Bonchev–Trinajstić information content (AvgIpc) is 2.73. The summed E-state index contributed by atoms with van der Waals surface area (Å²) in [6, 6.07) is 0.525. The Balaban J connectivity index is 1.57. The van der Waals surface area contributed by atoms with Crippen LogP contribution in [0.3, 0.4) is 0 Å². The van der Waals surface area contributed by atoms with E-state index in [0.29, 0.717) is 19.1 Å². The molecule has 0 spiro atoms. The van der Waals surface area contributed by atoms with E-state index in [2.05, 4.69) is 10.6 Å². The molecule has 0 bridgehead atoms. The van der Waals surface area contributed by atoms with Crippen LogP contribution in [-0.2, 0) is 4.79 Å². The molecule has 0 aromatic heterocycles. The smallest absolute Gasteiger partial charge is 0.234 e. The van der Waals surface area contributed by atoms with Gasteiger partial charge in [-0.05, 0) is 32.1 Å². The maximum absolute atomic E-state index is 11.5. The number of nitrogens with one attached hydrogen (secondary N) is 2. The second-order valence-corrected chi connectivity index (χ2v) is 5.22. The van der Waals surface area contributed by atoms with Crippen LogP contribution in [0.15, 0.2) is 0 Å². The molecule has 3 N–H and O–H groups in total. The van der Waals surface area contributed by atoms with Gasteiger partial charge < -0.3 is 15.7 Å². The van der Waals surface area contributed by atoms with Crippen molar-refractivity contribution in [2.45, 2.75) is 56.6 Å². The molecule has 92 valence electrons. The highest BCUT2D eigenvalue weighted by Crippen LogP contribution is 2.30. The van der Waals surface area contributed by atoms with Crippen molar-refractivity contribution >= 4 is 5.91 Å². The lowest BCUT2D eigenvalue weighted by molar-refractivity contribution is -0.122. The molecule has 0 aliphatic heterocycles. The highest BCUT2D eigenvalue weighted by molar-refractivity contribution is 5.78. The Morgan fingerprint density at radius 2 is 1.94 bits per heavy atom. The van der Waals surface area contributed by atoms with Gasteiger partial charge in [0.05, 0.1) is 12.1 Å². The first-order valence-corrected chi connectivity index (χ1v) is 6.40. The van der Waals surface area contributed by atoms with Gasteiger partial charge >= 0.3 is 0 Å². The Morgan fingerprint density at radius 3 is 2.50 bits per heavy atom. The molecule has 2 saturated carbocycles. The summed E-state index contributed by atoms with van der Waals surface area (Å²) in [5.41, 5.74) is -0.608. The topological polar surface area (TPSA) is 61.4 Å². The van der Waals surface area contributed by atoms with Gasteiger partial charge in [0, 0.05) is 12.6 Å². The minimum Gasteiger partial charge on any atom is -0.388 e. The Bertz CT molecular complexity index is 245. The van der Waals surface area contributed by atoms with Crippen molar-refractivity contribution in [2.24, 2.45) is 0 Å². The van der Waals surface area contributed by atoms with Crippen LogP contribution in [0.4, 0.5) is 0 Å². The van der Waals surface area contributed by atoms with Crippen molar-refractivity contribution in [1.29, 1.82) is 0 Å². The van der Waals surface area contributed by atoms with Crippen LogP contribution in [0.25, 0.3) is 0 Å². The van der Waals surface area contributed by atoms with E-state index in [0.717, 1.165) is 19.3 Å². The van der Waals surface area contributed by atoms with Crippen LogP contribution in [0.1, 0.15) is 44.9 Å². The quantitative estimate of drug-likeness (QED) is 0.641. The highest BCUT2D eigenvalue weighted by atomic mass is 16.3. The third-order valence-corrected chi connectivity index (χ3v) is 3.81. The molecule has 4 heteroatoms. The van der Waals surface area contributed by atoms with Crippen molar-refractivity contribution in [2.75, 3.05) is 13.1 Å². The summed E-state index contributed by atoms with van der Waals surface area (Å²) in [5, 5.41) is 15.9. The average molecular weight is 226 g/mol. The molecule has 2 rings (SSSR count). The second kappa shape index (κ2) is 5.15. The Labute approximate surface area is 96.8 Å². The number of rotatable bonds is 5. The summed E-state index contributed by atoms with van der Waals surface area (Å²) in [4.78, 5) is 11.5. The van der Waals surface area contributed by atoms with Crippen LogP contribution in [0.5, 0.6) is 0 Å². The molecule has 0 aromatic carbocycles. The molecule has 0 aromatic rings. The molecule has 2 aliphatic carbocycles. The van der Waals surface area contributed by atoms with Crippen molar-refractivity contribution in [3.05, 3.63) is 0 Å². The third kappa shape index (κ3) is 3.19. The highest BCUT2D eigenvalue weighted by Gasteiger charge is 2.34. The normalized spacial score (nSPS) is 24.1. The summed E-state index contributed by atoms with van der Waals surface area (Å²) < 4.78 is 0. The fourth-order valence-electron chi connectivity index (χ4n) is 2.45. The maximum atomic E-state index is 11.5. The van der Waals surface area contributed by atoms with Crippen LogP contribution in [-0.4, -0.2) is 35.7 Å². The summed E-state index contributed by atoms with van der Waals surface area (Å²) in [5.74, 6) is 0.00669. The lowest BCUT2D eigenvalue weighted by Gasteiger charge is -2.36. The number of carbonyl (C=O) groups is 1. The SMILES string of the molecule is O=C(CNC1CCCC1)NCC1(O)CCC1. The van der Waals surface area contributed by atoms with Crippen LogP contribution in [0, 0.1) is 0 Å². The van der Waals surface area contributed by atoms with Gasteiger partial charge in [-0.2, -0.15) is 0 Å². The van der Waals surface area contributed by atoms with E-state index in [1.54, 1.807) is 0 Å². The zero-order valence-corrected chi connectivity index (χ0v) is 9.80. The monoisotopic (exact) mass is 226 g/mol. The van der Waals surface area contributed by atoms with E-state index in [1.807, 2.05) is 0 Å². The number of aliphatic hydroxyl groups is 1. The summed E-state index contributed by atoms with van der Waals surface area (Å²) in [7, 11) is 0. The largest absolute Gasteiger partial charge is 0.388 e. The number of hydrogen-bond donors (Lipinski definition) is 3. The van der Waals surface area contributed by atoms with Gasteiger partial charge in [-0.1, -0.05) is 12.8 Å². The number of hydrogen-bond acceptors (Lipinski definition) is 3. The van der Waals surface area contributed by atoms with Gasteiger partial charge in [0.1, 0.15) is 0 Å². The molecule has 4 nitrogen and oxygen atoms in total. The summed E-state index contributed by atoms with van der Waals surface area (Å²) >= 11 is 0. The van der Waals surface area contributed by atoms with Gasteiger partial charge in [0.15, 0.2) is 0 Å². The third-order valence-electron chi connectivity index (χ3n) is 3.81. The molecular formula is C12H22N2O2. The summed E-state index contributed by atoms with van der Waals surface area (Å²) in [6.07, 6.45) is 7.66. The Hall–Kier alpha value is -0.610. The molecule has 0 heterocycles. The molecule has 0 saturated heterocycles. The van der Waals surface area contributed by atoms with Gasteiger partial charge in [0.2, 0.25) is 5.91 Å². The van der Waals surface area contributed by atoms with Crippen molar-refractivity contribution < 1.29 is 9.90 Å². The first-order valence-electron chi connectivity index (χ1n) is 6.40.